The molecule has 0 atom stereocenters. The average molecular weight is 257 g/mol. The van der Waals surface area contributed by atoms with Crippen LogP contribution in [0.2, 0.25) is 0 Å². The van der Waals surface area contributed by atoms with Crippen LogP contribution in [0.3, 0.4) is 0 Å². The van der Waals surface area contributed by atoms with Crippen LogP contribution in [0.25, 0.3) is 0 Å². The summed E-state index contributed by atoms with van der Waals surface area (Å²) >= 11 is 0. The molecular formula is C14H15N3O2. The molecule has 5 heteroatoms. The Labute approximate surface area is 111 Å². The number of aryl methyl sites for hydroxylation is 1. The maximum atomic E-state index is 11.4. The average Bonchev–Trinajstić information content (AvgIpc) is 2.45. The number of aromatic nitrogens is 2. The van der Waals surface area contributed by atoms with Gasteiger partial charge in [-0.25, -0.2) is 14.8 Å². The molecule has 0 radical (unpaired) electrons. The highest BCUT2D eigenvalue weighted by molar-refractivity contribution is 5.89. The fourth-order valence-electron chi connectivity index (χ4n) is 1.67. The summed E-state index contributed by atoms with van der Waals surface area (Å²) in [4.78, 5) is 19.7. The Bertz CT molecular complexity index is 584. The quantitative estimate of drug-likeness (QED) is 0.850. The van der Waals surface area contributed by atoms with Crippen LogP contribution in [-0.2, 0) is 11.3 Å². The van der Waals surface area contributed by atoms with Crippen molar-refractivity contribution in [3.8, 4) is 0 Å². The van der Waals surface area contributed by atoms with Gasteiger partial charge in [0.2, 0.25) is 0 Å². The Hall–Kier alpha value is -2.43. The lowest BCUT2D eigenvalue weighted by molar-refractivity contribution is 0.0600. The predicted molar refractivity (Wildman–Crippen MR) is 71.9 cm³/mol. The third kappa shape index (κ3) is 3.51. The summed E-state index contributed by atoms with van der Waals surface area (Å²) in [5.74, 6) is 1.14. The number of rotatable bonds is 4. The molecular weight excluding hydrogens is 242 g/mol. The molecule has 0 aliphatic rings. The van der Waals surface area contributed by atoms with Crippen molar-refractivity contribution in [3.05, 3.63) is 53.5 Å². The molecule has 2 rings (SSSR count). The van der Waals surface area contributed by atoms with Crippen LogP contribution in [0.15, 0.2) is 36.5 Å². The molecule has 0 aliphatic carbocycles. The molecule has 2 aromatic rings. The van der Waals surface area contributed by atoms with Crippen molar-refractivity contribution in [1.82, 2.24) is 9.97 Å². The van der Waals surface area contributed by atoms with E-state index in [2.05, 4.69) is 20.0 Å². The van der Waals surface area contributed by atoms with E-state index in [1.165, 1.54) is 7.11 Å². The van der Waals surface area contributed by atoms with Gasteiger partial charge in [-0.1, -0.05) is 12.1 Å². The van der Waals surface area contributed by atoms with Gasteiger partial charge in [0.25, 0.3) is 0 Å². The van der Waals surface area contributed by atoms with Crippen molar-refractivity contribution in [3.63, 3.8) is 0 Å². The van der Waals surface area contributed by atoms with E-state index in [1.54, 1.807) is 24.4 Å². The van der Waals surface area contributed by atoms with Crippen molar-refractivity contribution in [2.45, 2.75) is 13.5 Å². The molecule has 0 amide bonds. The van der Waals surface area contributed by atoms with Gasteiger partial charge in [-0.3, -0.25) is 0 Å². The highest BCUT2D eigenvalue weighted by atomic mass is 16.5. The molecule has 0 saturated carbocycles. The third-order valence-corrected chi connectivity index (χ3v) is 2.60. The summed E-state index contributed by atoms with van der Waals surface area (Å²) in [5.41, 5.74) is 1.53. The number of carbonyl (C=O) groups excluding carboxylic acids is 1. The van der Waals surface area contributed by atoms with Crippen molar-refractivity contribution >= 4 is 11.8 Å². The second-order valence-corrected chi connectivity index (χ2v) is 4.03. The first-order valence-electron chi connectivity index (χ1n) is 5.90. The molecule has 1 N–H and O–H groups in total. The summed E-state index contributed by atoms with van der Waals surface area (Å²) in [5, 5.41) is 3.18. The number of nitrogens with zero attached hydrogens (tertiary/aromatic N) is 2. The number of esters is 1. The van der Waals surface area contributed by atoms with Gasteiger partial charge in [0, 0.05) is 12.7 Å². The van der Waals surface area contributed by atoms with Gasteiger partial charge >= 0.3 is 5.97 Å². The zero-order valence-electron chi connectivity index (χ0n) is 10.9. The summed E-state index contributed by atoms with van der Waals surface area (Å²) in [7, 11) is 1.37. The largest absolute Gasteiger partial charge is 0.465 e. The SMILES string of the molecule is COC(=O)c1cccc(CNc2ccnc(C)n2)c1. The Morgan fingerprint density at radius 3 is 2.95 bits per heavy atom. The lowest BCUT2D eigenvalue weighted by Crippen LogP contribution is -2.05. The fourth-order valence-corrected chi connectivity index (χ4v) is 1.67. The van der Waals surface area contributed by atoms with E-state index in [0.717, 1.165) is 11.4 Å². The Kier molecular flexibility index (Phi) is 4.07. The first-order chi connectivity index (χ1) is 9.19. The first kappa shape index (κ1) is 13.0. The summed E-state index contributed by atoms with van der Waals surface area (Å²) in [6.45, 7) is 2.42. The van der Waals surface area contributed by atoms with Gasteiger partial charge in [-0.2, -0.15) is 0 Å². The Balaban J connectivity index is 2.05. The van der Waals surface area contributed by atoms with E-state index in [0.29, 0.717) is 17.9 Å². The number of benzene rings is 1. The van der Waals surface area contributed by atoms with Gasteiger partial charge in [-0.15, -0.1) is 0 Å². The molecule has 0 unspecified atom stereocenters. The van der Waals surface area contributed by atoms with Crippen LogP contribution in [0.5, 0.6) is 0 Å². The summed E-state index contributed by atoms with van der Waals surface area (Å²) in [6, 6.07) is 9.09. The minimum Gasteiger partial charge on any atom is -0.465 e. The number of methoxy groups -OCH3 is 1. The second-order valence-electron chi connectivity index (χ2n) is 4.03. The second kappa shape index (κ2) is 5.95. The van der Waals surface area contributed by atoms with Gasteiger partial charge in [0.1, 0.15) is 11.6 Å². The monoisotopic (exact) mass is 257 g/mol. The molecule has 1 heterocycles. The van der Waals surface area contributed by atoms with Crippen LogP contribution in [0.4, 0.5) is 5.82 Å². The zero-order chi connectivity index (χ0) is 13.7. The van der Waals surface area contributed by atoms with Crippen LogP contribution in [0.1, 0.15) is 21.7 Å². The molecule has 19 heavy (non-hydrogen) atoms. The topological polar surface area (TPSA) is 64.1 Å². The lowest BCUT2D eigenvalue weighted by atomic mass is 10.1. The van der Waals surface area contributed by atoms with Crippen LogP contribution >= 0.6 is 0 Å². The Morgan fingerprint density at radius 2 is 2.21 bits per heavy atom. The van der Waals surface area contributed by atoms with Gasteiger partial charge in [0.05, 0.1) is 12.7 Å². The fraction of sp³-hybridized carbons (Fsp3) is 0.214. The van der Waals surface area contributed by atoms with E-state index in [4.69, 9.17) is 0 Å². The van der Waals surface area contributed by atoms with Gasteiger partial charge in [-0.05, 0) is 30.7 Å². The molecule has 0 saturated heterocycles. The van der Waals surface area contributed by atoms with Gasteiger partial charge < -0.3 is 10.1 Å². The van der Waals surface area contributed by atoms with Crippen LogP contribution < -0.4 is 5.32 Å². The summed E-state index contributed by atoms with van der Waals surface area (Å²) < 4.78 is 4.69. The van der Waals surface area contributed by atoms with E-state index < -0.39 is 0 Å². The van der Waals surface area contributed by atoms with Crippen molar-refractivity contribution < 1.29 is 9.53 Å². The zero-order valence-corrected chi connectivity index (χ0v) is 10.9. The molecule has 1 aromatic heterocycles. The maximum absolute atomic E-state index is 11.4. The molecule has 0 spiro atoms. The predicted octanol–water partition coefficient (Wildman–Crippen LogP) is 2.18. The number of anilines is 1. The standard InChI is InChI=1S/C14H15N3O2/c1-10-15-7-6-13(17-10)16-9-11-4-3-5-12(8-11)14(18)19-2/h3-8H,9H2,1-2H3,(H,15,16,17). The first-order valence-corrected chi connectivity index (χ1v) is 5.90. The van der Waals surface area contributed by atoms with E-state index in [-0.39, 0.29) is 5.97 Å². The number of hydrogen-bond acceptors (Lipinski definition) is 5. The summed E-state index contributed by atoms with van der Waals surface area (Å²) in [6.07, 6.45) is 1.70. The minimum atomic E-state index is -0.334. The molecule has 5 nitrogen and oxygen atoms in total. The highest BCUT2D eigenvalue weighted by Gasteiger charge is 2.05. The Morgan fingerprint density at radius 1 is 1.37 bits per heavy atom. The maximum Gasteiger partial charge on any atom is 0.337 e. The smallest absolute Gasteiger partial charge is 0.337 e. The molecule has 1 aromatic carbocycles. The van der Waals surface area contributed by atoms with Crippen molar-refractivity contribution in [2.75, 3.05) is 12.4 Å². The van der Waals surface area contributed by atoms with Crippen molar-refractivity contribution in [2.24, 2.45) is 0 Å². The van der Waals surface area contributed by atoms with Gasteiger partial charge in [0.15, 0.2) is 0 Å². The van der Waals surface area contributed by atoms with Crippen LogP contribution in [0, 0.1) is 6.92 Å². The molecule has 0 bridgehead atoms. The van der Waals surface area contributed by atoms with Crippen LogP contribution in [-0.4, -0.2) is 23.0 Å². The van der Waals surface area contributed by atoms with E-state index in [9.17, 15) is 4.79 Å². The molecule has 98 valence electrons. The van der Waals surface area contributed by atoms with Crippen molar-refractivity contribution in [1.29, 1.82) is 0 Å². The number of carbonyl (C=O) groups is 1. The van der Waals surface area contributed by atoms with E-state index >= 15 is 0 Å². The minimum absolute atomic E-state index is 0.334. The van der Waals surface area contributed by atoms with E-state index in [1.807, 2.05) is 19.1 Å². The normalized spacial score (nSPS) is 10.0. The third-order valence-electron chi connectivity index (χ3n) is 2.60. The molecule has 0 fully saturated rings. The number of nitrogens with one attached hydrogen (secondary N) is 1. The lowest BCUT2D eigenvalue weighted by Gasteiger charge is -2.07. The highest BCUT2D eigenvalue weighted by Crippen LogP contribution is 2.09. The number of hydrogen-bond donors (Lipinski definition) is 1. The molecule has 0 aliphatic heterocycles. The number of ether oxygens (including phenoxy) is 1.